The van der Waals surface area contributed by atoms with E-state index < -0.39 is 6.10 Å². The SMILES string of the molecule is CC/C=C\C/C=C\C/C=C\C/C=C\C/C=C\C/C=C\C/C=C\CCCCCCCCCCCC(=O)OCC(COC(=O)CCCCCCC/C=C\CCCCCCC)OC(=O)CCCCCCC/C=C\C/C=C\CCCCC. The van der Waals surface area contributed by atoms with Crippen molar-refractivity contribution in [2.45, 2.75) is 303 Å². The van der Waals surface area contributed by atoms with E-state index in [1.54, 1.807) is 0 Å². The summed E-state index contributed by atoms with van der Waals surface area (Å²) in [5, 5.41) is 0. The first-order valence-corrected chi connectivity index (χ1v) is 32.5. The van der Waals surface area contributed by atoms with Crippen LogP contribution in [0.15, 0.2) is 122 Å². The summed E-state index contributed by atoms with van der Waals surface area (Å²) in [5.41, 5.74) is 0. The van der Waals surface area contributed by atoms with Gasteiger partial charge in [-0.15, -0.1) is 0 Å². The monoisotopic (exact) mass is 1080 g/mol. The predicted molar refractivity (Wildman–Crippen MR) is 339 cm³/mol. The van der Waals surface area contributed by atoms with Crippen LogP contribution in [0.4, 0.5) is 0 Å². The van der Waals surface area contributed by atoms with Gasteiger partial charge < -0.3 is 14.2 Å². The van der Waals surface area contributed by atoms with Crippen molar-refractivity contribution in [1.82, 2.24) is 0 Å². The Morgan fingerprint density at radius 1 is 0.269 bits per heavy atom. The summed E-state index contributed by atoms with van der Waals surface area (Å²) in [5.74, 6) is -0.914. The molecule has 0 N–H and O–H groups in total. The van der Waals surface area contributed by atoms with E-state index in [2.05, 4.69) is 142 Å². The summed E-state index contributed by atoms with van der Waals surface area (Å²) in [6, 6.07) is 0. The third-order valence-corrected chi connectivity index (χ3v) is 13.7. The molecular formula is C72H120O6. The van der Waals surface area contributed by atoms with Gasteiger partial charge in [0.15, 0.2) is 6.10 Å². The highest BCUT2D eigenvalue weighted by atomic mass is 16.6. The molecule has 0 aliphatic heterocycles. The molecule has 0 aromatic rings. The minimum absolute atomic E-state index is 0.0905. The van der Waals surface area contributed by atoms with E-state index in [0.717, 1.165) is 141 Å². The van der Waals surface area contributed by atoms with E-state index in [0.29, 0.717) is 19.3 Å². The molecule has 0 radical (unpaired) electrons. The van der Waals surface area contributed by atoms with Crippen LogP contribution < -0.4 is 0 Å². The van der Waals surface area contributed by atoms with Crippen molar-refractivity contribution in [2.24, 2.45) is 0 Å². The lowest BCUT2D eigenvalue weighted by atomic mass is 10.1. The zero-order chi connectivity index (χ0) is 56.4. The minimum Gasteiger partial charge on any atom is -0.462 e. The number of allylic oxidation sites excluding steroid dienone is 20. The van der Waals surface area contributed by atoms with E-state index in [4.69, 9.17) is 14.2 Å². The Kier molecular flexibility index (Phi) is 61.8. The van der Waals surface area contributed by atoms with E-state index in [1.807, 2.05) is 0 Å². The molecule has 6 heteroatoms. The largest absolute Gasteiger partial charge is 0.462 e. The van der Waals surface area contributed by atoms with Gasteiger partial charge in [-0.2, -0.15) is 0 Å². The zero-order valence-electron chi connectivity index (χ0n) is 50.9. The van der Waals surface area contributed by atoms with Crippen molar-refractivity contribution in [3.8, 4) is 0 Å². The molecule has 0 fully saturated rings. The van der Waals surface area contributed by atoms with E-state index in [-0.39, 0.29) is 31.1 Å². The third kappa shape index (κ3) is 62.7. The molecule has 0 aromatic carbocycles. The number of hydrogen-bond donors (Lipinski definition) is 0. The van der Waals surface area contributed by atoms with Crippen molar-refractivity contribution < 1.29 is 28.6 Å². The topological polar surface area (TPSA) is 78.9 Å². The van der Waals surface area contributed by atoms with E-state index in [9.17, 15) is 14.4 Å². The lowest BCUT2D eigenvalue weighted by Crippen LogP contribution is -2.30. The van der Waals surface area contributed by atoms with Gasteiger partial charge in [-0.1, -0.05) is 264 Å². The molecule has 0 aliphatic carbocycles. The molecule has 78 heavy (non-hydrogen) atoms. The van der Waals surface area contributed by atoms with Crippen LogP contribution >= 0.6 is 0 Å². The summed E-state index contributed by atoms with van der Waals surface area (Å²) in [6.07, 6.45) is 90.6. The molecule has 0 aromatic heterocycles. The van der Waals surface area contributed by atoms with Crippen molar-refractivity contribution in [3.05, 3.63) is 122 Å². The molecule has 0 rings (SSSR count). The molecule has 1 atom stereocenters. The van der Waals surface area contributed by atoms with Gasteiger partial charge in [0.2, 0.25) is 0 Å². The first kappa shape index (κ1) is 73.8. The summed E-state index contributed by atoms with van der Waals surface area (Å²) < 4.78 is 16.9. The lowest BCUT2D eigenvalue weighted by Gasteiger charge is -2.18. The van der Waals surface area contributed by atoms with Gasteiger partial charge in [-0.25, -0.2) is 0 Å². The lowest BCUT2D eigenvalue weighted by molar-refractivity contribution is -0.167. The van der Waals surface area contributed by atoms with Crippen LogP contribution in [0, 0.1) is 0 Å². The number of hydrogen-bond acceptors (Lipinski definition) is 6. The predicted octanol–water partition coefficient (Wildman–Crippen LogP) is 22.4. The summed E-state index contributed by atoms with van der Waals surface area (Å²) in [7, 11) is 0. The number of ether oxygens (including phenoxy) is 3. The average Bonchev–Trinajstić information content (AvgIpc) is 3.44. The summed E-state index contributed by atoms with van der Waals surface area (Å²) >= 11 is 0. The van der Waals surface area contributed by atoms with Crippen LogP contribution in [0.2, 0.25) is 0 Å². The first-order valence-electron chi connectivity index (χ1n) is 32.5. The molecule has 0 saturated heterocycles. The second-order valence-electron chi connectivity index (χ2n) is 21.3. The molecule has 0 amide bonds. The molecule has 6 nitrogen and oxygen atoms in total. The van der Waals surface area contributed by atoms with Crippen molar-refractivity contribution >= 4 is 17.9 Å². The highest BCUT2D eigenvalue weighted by molar-refractivity contribution is 5.71. The van der Waals surface area contributed by atoms with Crippen molar-refractivity contribution in [2.75, 3.05) is 13.2 Å². The van der Waals surface area contributed by atoms with E-state index in [1.165, 1.54) is 116 Å². The van der Waals surface area contributed by atoms with Crippen molar-refractivity contribution in [1.29, 1.82) is 0 Å². The molecule has 0 heterocycles. The molecular weight excluding hydrogens is 961 g/mol. The quantitative estimate of drug-likeness (QED) is 0.0261. The molecule has 0 saturated carbocycles. The third-order valence-electron chi connectivity index (χ3n) is 13.7. The van der Waals surface area contributed by atoms with Crippen LogP contribution in [0.25, 0.3) is 0 Å². The maximum atomic E-state index is 12.9. The maximum Gasteiger partial charge on any atom is 0.306 e. The smallest absolute Gasteiger partial charge is 0.306 e. The molecule has 1 unspecified atom stereocenters. The van der Waals surface area contributed by atoms with E-state index >= 15 is 0 Å². The van der Waals surface area contributed by atoms with Crippen LogP contribution in [0.1, 0.15) is 297 Å². The Hall–Kier alpha value is -4.19. The molecule has 0 spiro atoms. The van der Waals surface area contributed by atoms with Crippen molar-refractivity contribution in [3.63, 3.8) is 0 Å². The Morgan fingerprint density at radius 2 is 0.500 bits per heavy atom. The summed E-state index contributed by atoms with van der Waals surface area (Å²) in [6.45, 7) is 6.48. The second-order valence-corrected chi connectivity index (χ2v) is 21.3. The fourth-order valence-electron chi connectivity index (χ4n) is 8.80. The first-order chi connectivity index (χ1) is 38.5. The molecule has 0 aliphatic rings. The van der Waals surface area contributed by atoms with Gasteiger partial charge >= 0.3 is 17.9 Å². The summed E-state index contributed by atoms with van der Waals surface area (Å²) in [4.78, 5) is 38.3. The minimum atomic E-state index is -0.794. The van der Waals surface area contributed by atoms with Crippen LogP contribution in [0.5, 0.6) is 0 Å². The number of unbranched alkanes of at least 4 members (excludes halogenated alkanes) is 27. The Balaban J connectivity index is 4.30. The number of esters is 3. The average molecular weight is 1080 g/mol. The maximum absolute atomic E-state index is 12.9. The number of rotatable bonds is 58. The Bertz CT molecular complexity index is 1620. The molecule has 0 bridgehead atoms. The highest BCUT2D eigenvalue weighted by Crippen LogP contribution is 2.15. The van der Waals surface area contributed by atoms with Crippen LogP contribution in [-0.2, 0) is 28.6 Å². The van der Waals surface area contributed by atoms with Gasteiger partial charge in [-0.3, -0.25) is 14.4 Å². The van der Waals surface area contributed by atoms with Gasteiger partial charge in [0, 0.05) is 19.3 Å². The van der Waals surface area contributed by atoms with Gasteiger partial charge in [0.1, 0.15) is 13.2 Å². The fourth-order valence-corrected chi connectivity index (χ4v) is 8.80. The standard InChI is InChI=1S/C72H120O6/c1-4-7-10-13-16-19-22-25-28-29-30-31-32-33-34-35-36-37-38-39-40-41-42-43-45-47-50-53-56-59-62-65-71(74)77-68-69(67-76-70(73)64-61-58-55-52-49-46-27-24-21-18-15-12-9-6-3)78-72(75)66-63-60-57-54-51-48-44-26-23-20-17-14-11-8-5-2/h7,10,16-17,19-20,24-28,30-31,33-34,36-37,39-40,44,69H,4-6,8-9,11-15,18,21-23,29,32,35,38,41-43,45-68H2,1-3H3/b10-7-,19-16-,20-17-,27-24-,28-25-,31-30-,34-33-,37-36-,40-39-,44-26-. The molecule has 444 valence electrons. The highest BCUT2D eigenvalue weighted by Gasteiger charge is 2.19. The normalized spacial score (nSPS) is 12.9. The van der Waals surface area contributed by atoms with Crippen LogP contribution in [0.3, 0.4) is 0 Å². The van der Waals surface area contributed by atoms with Gasteiger partial charge in [0.25, 0.3) is 0 Å². The van der Waals surface area contributed by atoms with Crippen LogP contribution in [-0.4, -0.2) is 37.2 Å². The Labute approximate surface area is 482 Å². The van der Waals surface area contributed by atoms with Gasteiger partial charge in [-0.05, 0) is 135 Å². The fraction of sp³-hybridized carbons (Fsp3) is 0.681. The zero-order valence-corrected chi connectivity index (χ0v) is 50.9. The number of carbonyl (C=O) groups is 3. The second kappa shape index (κ2) is 65.3. The number of carbonyl (C=O) groups excluding carboxylic acids is 3. The Morgan fingerprint density at radius 3 is 0.821 bits per heavy atom. The van der Waals surface area contributed by atoms with Gasteiger partial charge in [0.05, 0.1) is 0 Å².